The van der Waals surface area contributed by atoms with Crippen LogP contribution >= 0.6 is 0 Å². The van der Waals surface area contributed by atoms with Crippen molar-refractivity contribution in [2.24, 2.45) is 0 Å². The van der Waals surface area contributed by atoms with Gasteiger partial charge in [-0.05, 0) is 0 Å². The van der Waals surface area contributed by atoms with Gasteiger partial charge in [0.1, 0.15) is 6.17 Å². The number of halogens is 2. The Morgan fingerprint density at radius 2 is 2.14 bits per heavy atom. The molecular formula is C4H8F2O. The lowest BCUT2D eigenvalue weighted by molar-refractivity contribution is 0.161. The van der Waals surface area contributed by atoms with Crippen LogP contribution in [0.2, 0.25) is 0 Å². The summed E-state index contributed by atoms with van der Waals surface area (Å²) < 4.78 is 22.7. The molecule has 44 valence electrons. The molecule has 0 aromatic heterocycles. The predicted molar refractivity (Wildman–Crippen MR) is 22.6 cm³/mol. The molecule has 1 atom stereocenters. The van der Waals surface area contributed by atoms with E-state index in [1.54, 1.807) is 0 Å². The average molecular weight is 110 g/mol. The molecular weight excluding hydrogens is 102 g/mol. The van der Waals surface area contributed by atoms with Gasteiger partial charge in [-0.3, -0.25) is 4.39 Å². The molecule has 0 aliphatic carbocycles. The van der Waals surface area contributed by atoms with Gasteiger partial charge in [-0.15, -0.1) is 0 Å². The molecule has 0 bridgehead atoms. The molecule has 3 heteroatoms. The van der Waals surface area contributed by atoms with E-state index in [-0.39, 0.29) is 6.42 Å². The summed E-state index contributed by atoms with van der Waals surface area (Å²) in [5.74, 6) is 0. The molecule has 1 N–H and O–H groups in total. The van der Waals surface area contributed by atoms with Crippen LogP contribution in [0, 0.1) is 0 Å². The van der Waals surface area contributed by atoms with Crippen LogP contribution in [0.4, 0.5) is 8.78 Å². The molecule has 0 aliphatic rings. The van der Waals surface area contributed by atoms with Crippen LogP contribution in [0.5, 0.6) is 0 Å². The normalized spacial score (nSPS) is 14.1. The Bertz CT molecular complexity index is 40.7. The molecule has 0 rings (SSSR count). The van der Waals surface area contributed by atoms with Gasteiger partial charge >= 0.3 is 0 Å². The van der Waals surface area contributed by atoms with Crippen molar-refractivity contribution in [2.45, 2.75) is 12.6 Å². The zero-order valence-electron chi connectivity index (χ0n) is 3.90. The fourth-order valence-electron chi connectivity index (χ4n) is 0.210. The Labute approximate surface area is 41.0 Å². The Balaban J connectivity index is 2.83. The maximum absolute atomic E-state index is 11.6. The van der Waals surface area contributed by atoms with Crippen molar-refractivity contribution in [3.8, 4) is 0 Å². The zero-order valence-corrected chi connectivity index (χ0v) is 3.90. The number of alkyl halides is 2. The SMILES string of the molecule is OCC(F)CCF. The molecule has 1 nitrogen and oxygen atoms in total. The van der Waals surface area contributed by atoms with E-state index in [9.17, 15) is 8.78 Å². The van der Waals surface area contributed by atoms with Crippen molar-refractivity contribution in [2.75, 3.05) is 13.3 Å². The average Bonchev–Trinajstić information content (AvgIpc) is 1.68. The third-order valence-corrected chi connectivity index (χ3v) is 0.620. The number of hydrogen-bond acceptors (Lipinski definition) is 1. The highest BCUT2D eigenvalue weighted by molar-refractivity contribution is 4.49. The maximum Gasteiger partial charge on any atom is 0.126 e. The third-order valence-electron chi connectivity index (χ3n) is 0.620. The van der Waals surface area contributed by atoms with Crippen molar-refractivity contribution in [3.63, 3.8) is 0 Å². The number of hydrogen-bond donors (Lipinski definition) is 1. The van der Waals surface area contributed by atoms with Crippen LogP contribution in [0.15, 0.2) is 0 Å². The molecule has 0 spiro atoms. The lowest BCUT2D eigenvalue weighted by atomic mass is 10.3. The van der Waals surface area contributed by atoms with E-state index in [1.165, 1.54) is 0 Å². The van der Waals surface area contributed by atoms with Gasteiger partial charge in [-0.1, -0.05) is 0 Å². The van der Waals surface area contributed by atoms with Gasteiger partial charge in [0.25, 0.3) is 0 Å². The Morgan fingerprint density at radius 3 is 2.29 bits per heavy atom. The van der Waals surface area contributed by atoms with Crippen LogP contribution in [-0.4, -0.2) is 24.6 Å². The molecule has 0 saturated carbocycles. The van der Waals surface area contributed by atoms with Crippen LogP contribution in [0.3, 0.4) is 0 Å². The Hall–Kier alpha value is -0.180. The number of rotatable bonds is 3. The van der Waals surface area contributed by atoms with E-state index >= 15 is 0 Å². The monoisotopic (exact) mass is 110 g/mol. The van der Waals surface area contributed by atoms with Gasteiger partial charge < -0.3 is 5.11 Å². The highest BCUT2D eigenvalue weighted by Gasteiger charge is 2.00. The minimum atomic E-state index is -1.37. The molecule has 7 heavy (non-hydrogen) atoms. The van der Waals surface area contributed by atoms with E-state index in [0.717, 1.165) is 0 Å². The summed E-state index contributed by atoms with van der Waals surface area (Å²) in [5, 5.41) is 7.92. The van der Waals surface area contributed by atoms with Gasteiger partial charge in [0, 0.05) is 6.42 Å². The van der Waals surface area contributed by atoms with Crippen molar-refractivity contribution in [3.05, 3.63) is 0 Å². The molecule has 1 unspecified atom stereocenters. The van der Waals surface area contributed by atoms with Crippen molar-refractivity contribution < 1.29 is 13.9 Å². The second kappa shape index (κ2) is 3.99. The van der Waals surface area contributed by atoms with Gasteiger partial charge in [0.15, 0.2) is 0 Å². The highest BCUT2D eigenvalue weighted by atomic mass is 19.1. The summed E-state index contributed by atoms with van der Waals surface area (Å²) in [4.78, 5) is 0. The van der Waals surface area contributed by atoms with Gasteiger partial charge in [0.2, 0.25) is 0 Å². The topological polar surface area (TPSA) is 20.2 Å². The Morgan fingerprint density at radius 1 is 1.57 bits per heavy atom. The molecule has 0 aromatic rings. The van der Waals surface area contributed by atoms with E-state index in [2.05, 4.69) is 0 Å². The lowest BCUT2D eigenvalue weighted by Gasteiger charge is -1.96. The molecule has 0 fully saturated rings. The van der Waals surface area contributed by atoms with Crippen LogP contribution in [0.1, 0.15) is 6.42 Å². The quantitative estimate of drug-likeness (QED) is 0.566. The molecule has 0 aliphatic heterocycles. The van der Waals surface area contributed by atoms with E-state index in [1.807, 2.05) is 0 Å². The smallest absolute Gasteiger partial charge is 0.126 e. The van der Waals surface area contributed by atoms with Crippen molar-refractivity contribution >= 4 is 0 Å². The van der Waals surface area contributed by atoms with Crippen LogP contribution < -0.4 is 0 Å². The second-order valence-corrected chi connectivity index (χ2v) is 1.26. The van der Waals surface area contributed by atoms with Gasteiger partial charge in [-0.2, -0.15) is 0 Å². The summed E-state index contributed by atoms with van der Waals surface area (Å²) in [5.41, 5.74) is 0. The zero-order chi connectivity index (χ0) is 5.70. The number of aliphatic hydroxyl groups excluding tert-OH is 1. The maximum atomic E-state index is 11.6. The molecule has 0 radical (unpaired) electrons. The first-order valence-electron chi connectivity index (χ1n) is 2.12. The molecule has 0 heterocycles. The minimum Gasteiger partial charge on any atom is -0.393 e. The fourth-order valence-corrected chi connectivity index (χ4v) is 0.210. The minimum absolute atomic E-state index is 0.184. The highest BCUT2D eigenvalue weighted by Crippen LogP contribution is 1.94. The first-order valence-corrected chi connectivity index (χ1v) is 2.12. The Kier molecular flexibility index (Phi) is 3.89. The summed E-state index contributed by atoms with van der Waals surface area (Å²) in [6.07, 6.45) is -1.55. The van der Waals surface area contributed by atoms with E-state index in [4.69, 9.17) is 5.11 Å². The van der Waals surface area contributed by atoms with Crippen LogP contribution in [0.25, 0.3) is 0 Å². The summed E-state index contributed by atoms with van der Waals surface area (Å²) >= 11 is 0. The van der Waals surface area contributed by atoms with Gasteiger partial charge in [-0.25, -0.2) is 4.39 Å². The first-order chi connectivity index (χ1) is 3.31. The lowest BCUT2D eigenvalue weighted by Crippen LogP contribution is -2.05. The second-order valence-electron chi connectivity index (χ2n) is 1.26. The van der Waals surface area contributed by atoms with Gasteiger partial charge in [0.05, 0.1) is 13.3 Å². The summed E-state index contributed by atoms with van der Waals surface area (Å²) in [6.45, 7) is -1.26. The summed E-state index contributed by atoms with van der Waals surface area (Å²) in [6, 6.07) is 0. The first kappa shape index (κ1) is 6.82. The molecule has 0 amide bonds. The van der Waals surface area contributed by atoms with E-state index < -0.39 is 19.5 Å². The standard InChI is InChI=1S/C4H8F2O/c5-2-1-4(6)3-7/h4,7H,1-3H2. The van der Waals surface area contributed by atoms with E-state index in [0.29, 0.717) is 0 Å². The largest absolute Gasteiger partial charge is 0.393 e. The number of aliphatic hydroxyl groups is 1. The van der Waals surface area contributed by atoms with Crippen molar-refractivity contribution in [1.29, 1.82) is 0 Å². The third kappa shape index (κ3) is 3.66. The summed E-state index contributed by atoms with van der Waals surface area (Å²) in [7, 11) is 0. The molecule has 0 saturated heterocycles. The fraction of sp³-hybridized carbons (Fsp3) is 1.00. The predicted octanol–water partition coefficient (Wildman–Crippen LogP) is 0.676. The molecule has 0 aromatic carbocycles. The van der Waals surface area contributed by atoms with Crippen molar-refractivity contribution in [1.82, 2.24) is 0 Å². The van der Waals surface area contributed by atoms with Crippen LogP contribution in [-0.2, 0) is 0 Å².